The molecule has 0 atom stereocenters. The van der Waals surface area contributed by atoms with Gasteiger partial charge in [-0.1, -0.05) is 5.53 Å². The van der Waals surface area contributed by atoms with Crippen LogP contribution < -0.4 is 11.0 Å². The number of nitroso groups, excluding NO2 is 1. The SMILES string of the molecule is O=[N+]1CCCCNN1. The first-order chi connectivity index (χ1) is 3.89. The van der Waals surface area contributed by atoms with Crippen LogP contribution in [-0.4, -0.2) is 18.0 Å². The van der Waals surface area contributed by atoms with Crippen molar-refractivity contribution in [2.45, 2.75) is 12.8 Å². The molecule has 0 amide bonds. The highest BCUT2D eigenvalue weighted by Gasteiger charge is 2.08. The summed E-state index contributed by atoms with van der Waals surface area (Å²) in [5.41, 5.74) is 5.23. The lowest BCUT2D eigenvalue weighted by molar-refractivity contribution is -0.613. The lowest BCUT2D eigenvalue weighted by atomic mass is 10.3. The third-order valence-electron chi connectivity index (χ3n) is 1.12. The summed E-state index contributed by atoms with van der Waals surface area (Å²) >= 11 is 0. The summed E-state index contributed by atoms with van der Waals surface area (Å²) in [4.78, 5) is 11.2. The van der Waals surface area contributed by atoms with Crippen LogP contribution in [0.1, 0.15) is 12.8 Å². The van der Waals surface area contributed by atoms with Gasteiger partial charge in [-0.3, -0.25) is 0 Å². The molecule has 4 nitrogen and oxygen atoms in total. The smallest absolute Gasteiger partial charge is 0.184 e. The summed E-state index contributed by atoms with van der Waals surface area (Å²) in [7, 11) is 0. The summed E-state index contributed by atoms with van der Waals surface area (Å²) in [5.74, 6) is 0. The van der Waals surface area contributed by atoms with E-state index in [4.69, 9.17) is 0 Å². The molecule has 0 spiro atoms. The fourth-order valence-corrected chi connectivity index (χ4v) is 0.669. The number of hydrogen-bond acceptors (Lipinski definition) is 2. The highest BCUT2D eigenvalue weighted by molar-refractivity contribution is 4.41. The van der Waals surface area contributed by atoms with Gasteiger partial charge in [0.05, 0.1) is 4.91 Å². The molecule has 8 heavy (non-hydrogen) atoms. The Morgan fingerprint density at radius 3 is 3.12 bits per heavy atom. The molecule has 1 saturated heterocycles. The van der Waals surface area contributed by atoms with E-state index < -0.39 is 0 Å². The van der Waals surface area contributed by atoms with Gasteiger partial charge >= 0.3 is 0 Å². The topological polar surface area (TPSA) is 44.1 Å². The van der Waals surface area contributed by atoms with E-state index in [0.717, 1.165) is 24.3 Å². The van der Waals surface area contributed by atoms with E-state index in [9.17, 15) is 4.91 Å². The standard InChI is InChI=1S/C4H10N3O/c8-7-4-2-1-3-5-6-7/h5H,1-4H2,(H,6,8)/q+1. The highest BCUT2D eigenvalue weighted by Crippen LogP contribution is 1.88. The number of hydrogen-bond donors (Lipinski definition) is 2. The van der Waals surface area contributed by atoms with Gasteiger partial charge in [-0.05, 0) is 6.42 Å². The van der Waals surface area contributed by atoms with Crippen LogP contribution in [0.3, 0.4) is 0 Å². The average Bonchev–Trinajstić information content (AvgIpc) is 1.94. The number of nitrogens with zero attached hydrogens (tertiary/aromatic N) is 1. The molecule has 4 heteroatoms. The molecule has 0 aromatic heterocycles. The van der Waals surface area contributed by atoms with Gasteiger partial charge in [0.2, 0.25) is 6.54 Å². The molecule has 46 valence electrons. The van der Waals surface area contributed by atoms with Crippen molar-refractivity contribution in [3.05, 3.63) is 4.91 Å². The number of hydrazine groups is 2. The van der Waals surface area contributed by atoms with E-state index in [0.29, 0.717) is 6.54 Å². The summed E-state index contributed by atoms with van der Waals surface area (Å²) in [5, 5.41) is 0. The Balaban J connectivity index is 2.27. The van der Waals surface area contributed by atoms with Crippen LogP contribution >= 0.6 is 0 Å². The number of rotatable bonds is 0. The first-order valence-corrected chi connectivity index (χ1v) is 2.83. The van der Waals surface area contributed by atoms with Crippen molar-refractivity contribution < 1.29 is 4.87 Å². The molecule has 1 heterocycles. The van der Waals surface area contributed by atoms with E-state index in [1.807, 2.05) is 0 Å². The van der Waals surface area contributed by atoms with E-state index >= 15 is 0 Å². The summed E-state index contributed by atoms with van der Waals surface area (Å²) in [6, 6.07) is 0. The van der Waals surface area contributed by atoms with Gasteiger partial charge in [-0.15, -0.1) is 0 Å². The molecule has 0 bridgehead atoms. The number of nitrogens with one attached hydrogen (secondary N) is 2. The van der Waals surface area contributed by atoms with Gasteiger partial charge in [0, 0.05) is 13.0 Å². The fraction of sp³-hybridized carbons (Fsp3) is 1.00. The Morgan fingerprint density at radius 2 is 2.25 bits per heavy atom. The predicted molar refractivity (Wildman–Crippen MR) is 28.9 cm³/mol. The third-order valence-corrected chi connectivity index (χ3v) is 1.12. The Hall–Kier alpha value is -0.640. The van der Waals surface area contributed by atoms with Gasteiger partial charge in [-0.2, -0.15) is 5.43 Å². The Labute approximate surface area is 47.8 Å². The molecule has 1 rings (SSSR count). The van der Waals surface area contributed by atoms with Gasteiger partial charge in [0.25, 0.3) is 0 Å². The molecule has 0 unspecified atom stereocenters. The second-order valence-electron chi connectivity index (χ2n) is 1.85. The second kappa shape index (κ2) is 2.61. The lowest BCUT2D eigenvalue weighted by Gasteiger charge is -1.89. The minimum atomic E-state index is 0.590. The first kappa shape index (κ1) is 5.50. The van der Waals surface area contributed by atoms with Crippen molar-refractivity contribution in [2.24, 2.45) is 0 Å². The van der Waals surface area contributed by atoms with Gasteiger partial charge in [-0.25, -0.2) is 0 Å². The second-order valence-corrected chi connectivity index (χ2v) is 1.85. The maximum Gasteiger partial charge on any atom is 0.226 e. The zero-order valence-electron chi connectivity index (χ0n) is 4.68. The zero-order chi connectivity index (χ0) is 5.82. The maximum absolute atomic E-state index is 10.4. The highest BCUT2D eigenvalue weighted by atomic mass is 16.3. The average molecular weight is 116 g/mol. The quantitative estimate of drug-likeness (QED) is 0.422. The molecule has 1 fully saturated rings. The molecule has 0 saturated carbocycles. The minimum absolute atomic E-state index is 0.590. The molecule has 0 aromatic carbocycles. The van der Waals surface area contributed by atoms with Crippen LogP contribution in [0.25, 0.3) is 0 Å². The van der Waals surface area contributed by atoms with Gasteiger partial charge < -0.3 is 0 Å². The van der Waals surface area contributed by atoms with Crippen molar-refractivity contribution in [1.29, 1.82) is 0 Å². The van der Waals surface area contributed by atoms with Crippen LogP contribution in [0, 0.1) is 4.91 Å². The monoisotopic (exact) mass is 116 g/mol. The van der Waals surface area contributed by atoms with Crippen molar-refractivity contribution in [1.82, 2.24) is 11.0 Å². The summed E-state index contributed by atoms with van der Waals surface area (Å²) in [6.45, 7) is 1.48. The van der Waals surface area contributed by atoms with E-state index in [-0.39, 0.29) is 0 Å². The van der Waals surface area contributed by atoms with Crippen molar-refractivity contribution in [3.63, 3.8) is 0 Å². The van der Waals surface area contributed by atoms with Crippen LogP contribution in [0.15, 0.2) is 0 Å². The Morgan fingerprint density at radius 1 is 1.38 bits per heavy atom. The van der Waals surface area contributed by atoms with Crippen LogP contribution in [0.5, 0.6) is 0 Å². The molecule has 2 N–H and O–H groups in total. The summed E-state index contributed by atoms with van der Waals surface area (Å²) in [6.07, 6.45) is 2.05. The fourth-order valence-electron chi connectivity index (χ4n) is 0.669. The Kier molecular flexibility index (Phi) is 1.80. The van der Waals surface area contributed by atoms with Crippen molar-refractivity contribution in [2.75, 3.05) is 13.1 Å². The van der Waals surface area contributed by atoms with Crippen molar-refractivity contribution in [3.8, 4) is 0 Å². The molecule has 0 aliphatic carbocycles. The largest absolute Gasteiger partial charge is 0.226 e. The molecule has 0 aromatic rings. The van der Waals surface area contributed by atoms with E-state index in [1.54, 1.807) is 0 Å². The molecule has 1 aliphatic rings. The maximum atomic E-state index is 10.4. The molecule has 0 radical (unpaired) electrons. The van der Waals surface area contributed by atoms with Crippen LogP contribution in [0.2, 0.25) is 0 Å². The lowest BCUT2D eigenvalue weighted by Crippen LogP contribution is -2.37. The molecular weight excluding hydrogens is 106 g/mol. The third kappa shape index (κ3) is 1.46. The normalized spacial score (nSPS) is 21.8. The summed E-state index contributed by atoms with van der Waals surface area (Å²) < 4.78 is 0. The van der Waals surface area contributed by atoms with Crippen LogP contribution in [-0.2, 0) is 0 Å². The van der Waals surface area contributed by atoms with Gasteiger partial charge in [0.15, 0.2) is 0 Å². The van der Waals surface area contributed by atoms with E-state index in [2.05, 4.69) is 11.0 Å². The minimum Gasteiger partial charge on any atom is -0.184 e. The predicted octanol–water partition coefficient (Wildman–Crippen LogP) is -0.432. The molecular formula is C4H10N3O+. The van der Waals surface area contributed by atoms with E-state index in [1.165, 1.54) is 0 Å². The Bertz CT molecular complexity index is 83.3. The van der Waals surface area contributed by atoms with Crippen LogP contribution in [0.4, 0.5) is 0 Å². The first-order valence-electron chi connectivity index (χ1n) is 2.83. The zero-order valence-corrected chi connectivity index (χ0v) is 4.68. The molecule has 1 aliphatic heterocycles. The van der Waals surface area contributed by atoms with Crippen molar-refractivity contribution >= 4 is 0 Å². The van der Waals surface area contributed by atoms with Gasteiger partial charge in [0.1, 0.15) is 4.87 Å².